The summed E-state index contributed by atoms with van der Waals surface area (Å²) < 4.78 is 0. The molecule has 2 unspecified atom stereocenters. The van der Waals surface area contributed by atoms with E-state index in [9.17, 15) is 4.79 Å². The third-order valence-electron chi connectivity index (χ3n) is 1.89. The fourth-order valence-electron chi connectivity index (χ4n) is 1.28. The standard InChI is InChI=1S/C8H17BN2O/c1-7(2,6(10)4-12)5-8(3,9)11/h4,6H,5,10-11H2,1-3H3. The van der Waals surface area contributed by atoms with Crippen molar-refractivity contribution in [2.75, 3.05) is 0 Å². The summed E-state index contributed by atoms with van der Waals surface area (Å²) in [4.78, 5) is 10.4. The average Bonchev–Trinajstić information content (AvgIpc) is 1.80. The molecule has 2 atom stereocenters. The van der Waals surface area contributed by atoms with E-state index in [1.165, 1.54) is 0 Å². The average molecular weight is 168 g/mol. The molecule has 0 spiro atoms. The van der Waals surface area contributed by atoms with E-state index >= 15 is 0 Å². The molecule has 2 radical (unpaired) electrons. The molecule has 4 N–H and O–H groups in total. The first-order valence-corrected chi connectivity index (χ1v) is 3.98. The second-order valence-corrected chi connectivity index (χ2v) is 4.33. The second kappa shape index (κ2) is 3.58. The Morgan fingerprint density at radius 3 is 2.17 bits per heavy atom. The highest BCUT2D eigenvalue weighted by Gasteiger charge is 2.30. The summed E-state index contributed by atoms with van der Waals surface area (Å²) in [5, 5.41) is 0. The minimum Gasteiger partial charge on any atom is -0.333 e. The van der Waals surface area contributed by atoms with E-state index in [2.05, 4.69) is 0 Å². The first-order valence-electron chi connectivity index (χ1n) is 3.98. The maximum atomic E-state index is 10.4. The van der Waals surface area contributed by atoms with Gasteiger partial charge in [-0.15, -0.1) is 0 Å². The van der Waals surface area contributed by atoms with Crippen molar-refractivity contribution in [3.05, 3.63) is 0 Å². The van der Waals surface area contributed by atoms with Crippen LogP contribution in [0.15, 0.2) is 0 Å². The van der Waals surface area contributed by atoms with Gasteiger partial charge in [-0.2, -0.15) is 0 Å². The number of aldehydes is 1. The fraction of sp³-hybridized carbons (Fsp3) is 0.875. The summed E-state index contributed by atoms with van der Waals surface area (Å²) in [5.41, 5.74) is 10.1. The van der Waals surface area contributed by atoms with Gasteiger partial charge in [0.15, 0.2) is 0 Å². The zero-order valence-electron chi connectivity index (χ0n) is 8.00. The Balaban J connectivity index is 4.31. The van der Waals surface area contributed by atoms with Gasteiger partial charge in [-0.3, -0.25) is 0 Å². The van der Waals surface area contributed by atoms with Crippen molar-refractivity contribution in [1.82, 2.24) is 0 Å². The Kier molecular flexibility index (Phi) is 3.48. The smallest absolute Gasteiger partial charge is 0.137 e. The molecule has 3 nitrogen and oxygen atoms in total. The zero-order valence-corrected chi connectivity index (χ0v) is 8.00. The van der Waals surface area contributed by atoms with Crippen molar-refractivity contribution in [3.63, 3.8) is 0 Å². The van der Waals surface area contributed by atoms with Gasteiger partial charge in [-0.25, -0.2) is 0 Å². The molecule has 12 heavy (non-hydrogen) atoms. The molecule has 0 aliphatic carbocycles. The Morgan fingerprint density at radius 2 is 1.92 bits per heavy atom. The van der Waals surface area contributed by atoms with Gasteiger partial charge in [0.25, 0.3) is 0 Å². The van der Waals surface area contributed by atoms with Crippen LogP contribution in [0.1, 0.15) is 27.2 Å². The first kappa shape index (κ1) is 11.7. The number of hydrogen-bond donors (Lipinski definition) is 2. The number of carbonyl (C=O) groups excluding carboxylic acids is 1. The summed E-state index contributed by atoms with van der Waals surface area (Å²) in [7, 11) is 5.62. The highest BCUT2D eigenvalue weighted by molar-refractivity contribution is 6.14. The van der Waals surface area contributed by atoms with Crippen LogP contribution in [0, 0.1) is 5.41 Å². The van der Waals surface area contributed by atoms with Crippen LogP contribution >= 0.6 is 0 Å². The molecule has 0 aromatic heterocycles. The fourth-order valence-corrected chi connectivity index (χ4v) is 1.28. The zero-order chi connectivity index (χ0) is 9.99. The van der Waals surface area contributed by atoms with E-state index < -0.39 is 11.5 Å². The SMILES string of the molecule is [B]C(C)(N)CC(C)(C)C(N)C=O. The van der Waals surface area contributed by atoms with Crippen LogP contribution in [0.5, 0.6) is 0 Å². The quantitative estimate of drug-likeness (QED) is 0.450. The summed E-state index contributed by atoms with van der Waals surface area (Å²) in [6, 6.07) is -0.510. The molecule has 0 fully saturated rings. The van der Waals surface area contributed by atoms with E-state index in [1.807, 2.05) is 13.8 Å². The molecule has 4 heteroatoms. The Morgan fingerprint density at radius 1 is 1.50 bits per heavy atom. The van der Waals surface area contributed by atoms with E-state index in [1.54, 1.807) is 6.92 Å². The number of carbonyl (C=O) groups is 1. The van der Waals surface area contributed by atoms with Gasteiger partial charge >= 0.3 is 0 Å². The van der Waals surface area contributed by atoms with Gasteiger partial charge < -0.3 is 16.3 Å². The van der Waals surface area contributed by atoms with Crippen molar-refractivity contribution in [2.24, 2.45) is 16.9 Å². The molecular weight excluding hydrogens is 151 g/mol. The van der Waals surface area contributed by atoms with Gasteiger partial charge in [0.05, 0.1) is 13.9 Å². The van der Waals surface area contributed by atoms with E-state index in [4.69, 9.17) is 19.3 Å². The van der Waals surface area contributed by atoms with Crippen LogP contribution in [-0.2, 0) is 4.79 Å². The highest BCUT2D eigenvalue weighted by Crippen LogP contribution is 2.27. The molecule has 0 rings (SSSR count). The summed E-state index contributed by atoms with van der Waals surface area (Å²) in [6.07, 6.45) is 1.24. The second-order valence-electron chi connectivity index (χ2n) is 4.33. The Bertz CT molecular complexity index is 163. The van der Waals surface area contributed by atoms with Crippen LogP contribution in [0.4, 0.5) is 0 Å². The molecule has 0 amide bonds. The van der Waals surface area contributed by atoms with Crippen LogP contribution in [-0.4, -0.2) is 25.6 Å². The first-order chi connectivity index (χ1) is 5.19. The predicted octanol–water partition coefficient (Wildman–Crippen LogP) is -0.228. The number of hydrogen-bond acceptors (Lipinski definition) is 3. The van der Waals surface area contributed by atoms with E-state index in [0.29, 0.717) is 6.42 Å². The molecule has 0 bridgehead atoms. The Labute approximate surface area is 75.3 Å². The molecule has 0 saturated carbocycles. The van der Waals surface area contributed by atoms with Gasteiger partial charge in [0, 0.05) is 0 Å². The van der Waals surface area contributed by atoms with Crippen molar-refractivity contribution in [2.45, 2.75) is 38.7 Å². The van der Waals surface area contributed by atoms with Crippen molar-refractivity contribution < 1.29 is 4.79 Å². The van der Waals surface area contributed by atoms with Crippen molar-refractivity contribution in [1.29, 1.82) is 0 Å². The molecule has 0 heterocycles. The van der Waals surface area contributed by atoms with E-state index in [-0.39, 0.29) is 5.41 Å². The van der Waals surface area contributed by atoms with Crippen LogP contribution in [0.25, 0.3) is 0 Å². The topological polar surface area (TPSA) is 69.1 Å². The monoisotopic (exact) mass is 168 g/mol. The summed E-state index contributed by atoms with van der Waals surface area (Å²) in [6.45, 7) is 5.47. The lowest BCUT2D eigenvalue weighted by molar-refractivity contribution is -0.111. The van der Waals surface area contributed by atoms with Crippen molar-refractivity contribution in [3.8, 4) is 0 Å². The maximum absolute atomic E-state index is 10.4. The van der Waals surface area contributed by atoms with Crippen LogP contribution < -0.4 is 11.5 Å². The van der Waals surface area contributed by atoms with Gasteiger partial charge in [0.2, 0.25) is 0 Å². The third-order valence-corrected chi connectivity index (χ3v) is 1.89. The molecule has 0 aliphatic rings. The molecule has 0 aromatic carbocycles. The van der Waals surface area contributed by atoms with Crippen molar-refractivity contribution >= 4 is 14.1 Å². The van der Waals surface area contributed by atoms with Gasteiger partial charge in [0.1, 0.15) is 6.29 Å². The highest BCUT2D eigenvalue weighted by atomic mass is 16.1. The minimum atomic E-state index is -0.774. The van der Waals surface area contributed by atoms with Gasteiger partial charge in [-0.05, 0) is 17.3 Å². The molecule has 0 saturated heterocycles. The lowest BCUT2D eigenvalue weighted by Crippen LogP contribution is -2.48. The lowest BCUT2D eigenvalue weighted by Gasteiger charge is -2.34. The van der Waals surface area contributed by atoms with Crippen LogP contribution in [0.3, 0.4) is 0 Å². The largest absolute Gasteiger partial charge is 0.333 e. The summed E-state index contributed by atoms with van der Waals surface area (Å²) >= 11 is 0. The number of nitrogens with two attached hydrogens (primary N) is 2. The van der Waals surface area contributed by atoms with Crippen LogP contribution in [0.2, 0.25) is 0 Å². The van der Waals surface area contributed by atoms with E-state index in [0.717, 1.165) is 6.29 Å². The van der Waals surface area contributed by atoms with Gasteiger partial charge in [-0.1, -0.05) is 20.8 Å². The third kappa shape index (κ3) is 3.88. The number of rotatable bonds is 4. The molecule has 68 valence electrons. The molecule has 0 aromatic rings. The Hall–Kier alpha value is -0.345. The summed E-state index contributed by atoms with van der Waals surface area (Å²) in [5.74, 6) is 0. The maximum Gasteiger partial charge on any atom is 0.137 e. The lowest BCUT2D eigenvalue weighted by atomic mass is 9.67. The minimum absolute atomic E-state index is 0.347. The normalized spacial score (nSPS) is 19.8. The molecular formula is C8H17BN2O. The predicted molar refractivity (Wildman–Crippen MR) is 50.8 cm³/mol. The molecule has 0 aliphatic heterocycles.